The Bertz CT molecular complexity index is 1280. The van der Waals surface area contributed by atoms with Crippen LogP contribution in [0.3, 0.4) is 0 Å². The van der Waals surface area contributed by atoms with Gasteiger partial charge in [0.2, 0.25) is 0 Å². The first-order valence-corrected chi connectivity index (χ1v) is 13.3. The van der Waals surface area contributed by atoms with Gasteiger partial charge in [-0.1, -0.05) is 56.3 Å². The van der Waals surface area contributed by atoms with Gasteiger partial charge in [0.25, 0.3) is 5.91 Å². The molecule has 0 spiro atoms. The fraction of sp³-hybridized carbons (Fsp3) is 0.333. The van der Waals surface area contributed by atoms with Crippen LogP contribution in [0.15, 0.2) is 89.9 Å². The van der Waals surface area contributed by atoms with Gasteiger partial charge in [-0.2, -0.15) is 5.26 Å². The maximum atomic E-state index is 15.0. The van der Waals surface area contributed by atoms with Crippen LogP contribution in [0.1, 0.15) is 67.6 Å². The zero-order valence-electron chi connectivity index (χ0n) is 23.9. The van der Waals surface area contributed by atoms with Gasteiger partial charge in [0.05, 0.1) is 11.6 Å². The Morgan fingerprint density at radius 3 is 2.28 bits per heavy atom. The van der Waals surface area contributed by atoms with Crippen LogP contribution in [0.4, 0.5) is 4.39 Å². The van der Waals surface area contributed by atoms with E-state index in [-0.39, 0.29) is 11.8 Å². The highest BCUT2D eigenvalue weighted by Gasteiger charge is 2.22. The van der Waals surface area contributed by atoms with E-state index in [1.165, 1.54) is 0 Å². The maximum Gasteiger partial charge on any atom is 0.254 e. The molecule has 0 aromatic heterocycles. The van der Waals surface area contributed by atoms with Crippen molar-refractivity contribution in [3.63, 3.8) is 0 Å². The molecule has 0 saturated carbocycles. The Hall–Kier alpha value is -3.95. The molecule has 0 bridgehead atoms. The van der Waals surface area contributed by atoms with Crippen molar-refractivity contribution in [2.75, 3.05) is 20.1 Å². The molecule has 3 N–H and O–H groups in total. The largest absolute Gasteiger partial charge is 0.388 e. The van der Waals surface area contributed by atoms with Gasteiger partial charge in [-0.05, 0) is 86.2 Å². The number of hydrogen-bond donors (Lipinski definition) is 2. The lowest BCUT2D eigenvalue weighted by Gasteiger charge is -2.22. The summed E-state index contributed by atoms with van der Waals surface area (Å²) in [5.74, 6) is -0.535. The van der Waals surface area contributed by atoms with Gasteiger partial charge < -0.3 is 16.0 Å². The first kappa shape index (κ1) is 31.3. The van der Waals surface area contributed by atoms with Gasteiger partial charge in [-0.3, -0.25) is 4.79 Å². The lowest BCUT2D eigenvalue weighted by Crippen LogP contribution is -2.27. The molecule has 6 heteroatoms. The third kappa shape index (κ3) is 9.08. The van der Waals surface area contributed by atoms with Gasteiger partial charge in [-0.25, -0.2) is 4.39 Å². The molecule has 0 unspecified atom stereocenters. The summed E-state index contributed by atoms with van der Waals surface area (Å²) in [6, 6.07) is 16.5. The highest BCUT2D eigenvalue weighted by molar-refractivity contribution is 6.02. The Labute approximate surface area is 233 Å². The Balaban J connectivity index is 2.47. The molecule has 0 aliphatic rings. The highest BCUT2D eigenvalue weighted by atomic mass is 19.1. The van der Waals surface area contributed by atoms with Crippen molar-refractivity contribution in [1.82, 2.24) is 10.2 Å². The lowest BCUT2D eigenvalue weighted by molar-refractivity contribution is 0.0785. The van der Waals surface area contributed by atoms with Crippen LogP contribution in [-0.4, -0.2) is 30.9 Å². The Kier molecular flexibility index (Phi) is 12.4. The van der Waals surface area contributed by atoms with E-state index in [9.17, 15) is 4.79 Å². The van der Waals surface area contributed by atoms with E-state index in [0.29, 0.717) is 40.9 Å². The molecule has 0 saturated heterocycles. The molecule has 2 aromatic carbocycles. The molecule has 0 aliphatic heterocycles. The minimum atomic E-state index is -0.568. The predicted octanol–water partition coefficient (Wildman–Crippen LogP) is 6.90. The number of nitriles is 1. The van der Waals surface area contributed by atoms with E-state index in [1.54, 1.807) is 36.2 Å². The van der Waals surface area contributed by atoms with E-state index in [2.05, 4.69) is 31.8 Å². The summed E-state index contributed by atoms with van der Waals surface area (Å²) in [4.78, 5) is 15.2. The van der Waals surface area contributed by atoms with Gasteiger partial charge in [-0.15, -0.1) is 0 Å². The van der Waals surface area contributed by atoms with Gasteiger partial charge >= 0.3 is 0 Å². The average molecular weight is 529 g/mol. The topological polar surface area (TPSA) is 82.2 Å². The molecular formula is C33H41FN4O. The second-order valence-corrected chi connectivity index (χ2v) is 10.1. The van der Waals surface area contributed by atoms with E-state index >= 15 is 4.39 Å². The molecule has 0 heterocycles. The first-order valence-electron chi connectivity index (χ1n) is 13.3. The zero-order valence-corrected chi connectivity index (χ0v) is 23.9. The predicted molar refractivity (Wildman–Crippen MR) is 159 cm³/mol. The molecule has 2 aromatic rings. The number of nitrogens with one attached hydrogen (secondary N) is 1. The van der Waals surface area contributed by atoms with Crippen molar-refractivity contribution in [2.45, 2.75) is 47.1 Å². The summed E-state index contributed by atoms with van der Waals surface area (Å²) in [6.07, 6.45) is 5.54. The van der Waals surface area contributed by atoms with Crippen molar-refractivity contribution in [2.24, 2.45) is 11.7 Å². The number of allylic oxidation sites excluding steroid dienone is 7. The molecule has 5 nitrogen and oxygen atoms in total. The zero-order chi connectivity index (χ0) is 28.9. The number of unbranched alkanes of at least 4 members (excludes halogenated alkanes) is 1. The first-order chi connectivity index (χ1) is 18.6. The number of hydrogen-bond acceptors (Lipinski definition) is 4. The molecule has 39 heavy (non-hydrogen) atoms. The van der Waals surface area contributed by atoms with Crippen LogP contribution < -0.4 is 11.1 Å². The van der Waals surface area contributed by atoms with Crippen molar-refractivity contribution >= 4 is 11.5 Å². The third-order valence-electron chi connectivity index (χ3n) is 6.35. The molecule has 0 fully saturated rings. The van der Waals surface area contributed by atoms with E-state index < -0.39 is 5.83 Å². The van der Waals surface area contributed by atoms with Crippen LogP contribution in [0.2, 0.25) is 0 Å². The fourth-order valence-corrected chi connectivity index (χ4v) is 4.25. The molecular weight excluding hydrogens is 487 g/mol. The minimum absolute atomic E-state index is 0.183. The van der Waals surface area contributed by atoms with E-state index in [4.69, 9.17) is 11.0 Å². The minimum Gasteiger partial charge on any atom is -0.388 e. The summed E-state index contributed by atoms with van der Waals surface area (Å²) < 4.78 is 15.0. The number of nitrogens with zero attached hydrogens (tertiary/aromatic N) is 2. The monoisotopic (exact) mass is 528 g/mol. The van der Waals surface area contributed by atoms with Crippen molar-refractivity contribution < 1.29 is 9.18 Å². The lowest BCUT2D eigenvalue weighted by atomic mass is 9.89. The molecule has 0 atom stereocenters. The smallest absolute Gasteiger partial charge is 0.254 e. The van der Waals surface area contributed by atoms with Crippen LogP contribution in [-0.2, 0) is 6.54 Å². The average Bonchev–Trinajstić information content (AvgIpc) is 2.91. The van der Waals surface area contributed by atoms with Crippen molar-refractivity contribution in [3.8, 4) is 6.07 Å². The summed E-state index contributed by atoms with van der Waals surface area (Å²) in [5.41, 5.74) is 11.0. The second-order valence-electron chi connectivity index (χ2n) is 10.1. The number of nitrogens with two attached hydrogens (primary N) is 1. The molecule has 0 radical (unpaired) electrons. The third-order valence-corrected chi connectivity index (χ3v) is 6.35. The summed E-state index contributed by atoms with van der Waals surface area (Å²) in [7, 11) is 1.73. The van der Waals surface area contributed by atoms with E-state index in [1.807, 2.05) is 50.3 Å². The summed E-state index contributed by atoms with van der Waals surface area (Å²) >= 11 is 0. The van der Waals surface area contributed by atoms with Gasteiger partial charge in [0.1, 0.15) is 5.83 Å². The van der Waals surface area contributed by atoms with Crippen LogP contribution in [0, 0.1) is 17.2 Å². The normalized spacial score (nSPS) is 11.7. The van der Waals surface area contributed by atoms with Gasteiger partial charge in [0.15, 0.2) is 0 Å². The highest BCUT2D eigenvalue weighted by Crippen LogP contribution is 2.34. The van der Waals surface area contributed by atoms with Crippen molar-refractivity contribution in [3.05, 3.63) is 112 Å². The summed E-state index contributed by atoms with van der Waals surface area (Å²) in [6.45, 7) is 13.4. The number of amides is 1. The fourth-order valence-electron chi connectivity index (χ4n) is 4.25. The van der Waals surface area contributed by atoms with Crippen LogP contribution in [0.25, 0.3) is 5.57 Å². The molecule has 206 valence electrons. The van der Waals surface area contributed by atoms with Crippen LogP contribution >= 0.6 is 0 Å². The SMILES string of the molecule is C=C(F)/C(=C\C=C(\NCCCCN)C(C)C)C(=C(C)C)c1ccccc1C(=O)N(C)Cc1ccc(C#N)cc1. The number of carbonyl (C=O) groups excluding carboxylic acids is 1. The number of halogens is 1. The summed E-state index contributed by atoms with van der Waals surface area (Å²) in [5, 5.41) is 12.5. The van der Waals surface area contributed by atoms with E-state index in [0.717, 1.165) is 36.2 Å². The second kappa shape index (κ2) is 15.5. The standard InChI is InChI=1S/C33H41FN4O/c1-23(2)31(37-20-10-9-19-35)18-17-28(25(5)34)32(24(3)4)29-11-7-8-12-30(29)33(39)38(6)22-27-15-13-26(21-36)14-16-27/h7-8,11-18,23,37H,5,9-10,19-20,22,35H2,1-4,6H3/b28-17+,31-18+. The van der Waals surface area contributed by atoms with Gasteiger partial charge in [0, 0.05) is 37.0 Å². The number of benzene rings is 2. The molecule has 1 amide bonds. The maximum absolute atomic E-state index is 15.0. The Morgan fingerprint density at radius 2 is 1.74 bits per heavy atom. The quantitative estimate of drug-likeness (QED) is 0.219. The Morgan fingerprint density at radius 1 is 1.10 bits per heavy atom. The van der Waals surface area contributed by atoms with Crippen LogP contribution in [0.5, 0.6) is 0 Å². The van der Waals surface area contributed by atoms with Crippen molar-refractivity contribution in [1.29, 1.82) is 5.26 Å². The molecule has 2 rings (SSSR count). The number of rotatable bonds is 13. The molecule has 0 aliphatic carbocycles. The number of carbonyl (C=O) groups is 1.